The lowest BCUT2D eigenvalue weighted by molar-refractivity contribution is -0.0231. The maximum atomic E-state index is 11.6. The number of rotatable bonds is 6. The van der Waals surface area contributed by atoms with Gasteiger partial charge in [-0.2, -0.15) is 0 Å². The third-order valence-corrected chi connectivity index (χ3v) is 6.67. The van der Waals surface area contributed by atoms with Crippen molar-refractivity contribution in [3.8, 4) is 5.75 Å². The van der Waals surface area contributed by atoms with Gasteiger partial charge in [-0.1, -0.05) is 5.16 Å². The summed E-state index contributed by atoms with van der Waals surface area (Å²) in [4.78, 5) is 14.0. The summed E-state index contributed by atoms with van der Waals surface area (Å²) in [5.41, 5.74) is 1.49. The molecule has 2 aromatic rings. The Morgan fingerprint density at radius 1 is 1.20 bits per heavy atom. The van der Waals surface area contributed by atoms with Gasteiger partial charge >= 0.3 is 5.97 Å². The standard InChI is InChI=1S/C23H28N2O5/c1-28-23(27)15-4-6-19(7-5-15)29-22-9-17-12-25(11-16(17)8-20(22)26)13-18-10-21(30-24-18)14-2-3-14/h4-7,10,14,16-17,20,22,26H,2-3,8-9,11-13H2,1H3/t16-,17+,20+,22+/m0/s1. The number of likely N-dealkylation sites (tertiary alicyclic amines) is 1. The molecule has 2 heterocycles. The van der Waals surface area contributed by atoms with E-state index in [9.17, 15) is 9.90 Å². The molecule has 7 nitrogen and oxygen atoms in total. The number of benzene rings is 1. The van der Waals surface area contributed by atoms with Crippen LogP contribution in [0.2, 0.25) is 0 Å². The van der Waals surface area contributed by atoms with Crippen molar-refractivity contribution in [3.05, 3.63) is 47.3 Å². The van der Waals surface area contributed by atoms with E-state index in [4.69, 9.17) is 14.0 Å². The summed E-state index contributed by atoms with van der Waals surface area (Å²) >= 11 is 0. The van der Waals surface area contributed by atoms with Gasteiger partial charge < -0.3 is 19.1 Å². The van der Waals surface area contributed by atoms with Gasteiger partial charge in [-0.05, 0) is 61.8 Å². The molecule has 0 unspecified atom stereocenters. The zero-order valence-electron chi connectivity index (χ0n) is 17.2. The van der Waals surface area contributed by atoms with Gasteiger partial charge in [0.05, 0.1) is 24.5 Å². The number of aliphatic hydroxyl groups excluding tert-OH is 1. The van der Waals surface area contributed by atoms with Crippen LogP contribution < -0.4 is 4.74 Å². The molecular formula is C23H28N2O5. The predicted octanol–water partition coefficient (Wildman–Crippen LogP) is 2.99. The third kappa shape index (κ3) is 4.09. The molecule has 4 atom stereocenters. The van der Waals surface area contributed by atoms with Crippen LogP contribution in [0.25, 0.3) is 0 Å². The molecule has 160 valence electrons. The Kier molecular flexibility index (Phi) is 5.25. The maximum Gasteiger partial charge on any atom is 0.337 e. The number of aromatic nitrogens is 1. The summed E-state index contributed by atoms with van der Waals surface area (Å²) in [5, 5.41) is 14.9. The van der Waals surface area contributed by atoms with Gasteiger partial charge in [0.25, 0.3) is 0 Å². The molecule has 1 aromatic heterocycles. The van der Waals surface area contributed by atoms with Crippen molar-refractivity contribution in [2.24, 2.45) is 11.8 Å². The molecular weight excluding hydrogens is 384 g/mol. The van der Waals surface area contributed by atoms with Gasteiger partial charge in [0, 0.05) is 31.6 Å². The van der Waals surface area contributed by atoms with Crippen molar-refractivity contribution in [1.29, 1.82) is 0 Å². The van der Waals surface area contributed by atoms with Crippen LogP contribution in [0.5, 0.6) is 5.75 Å². The Labute approximate surface area is 175 Å². The van der Waals surface area contributed by atoms with E-state index in [1.807, 2.05) is 0 Å². The molecule has 3 fully saturated rings. The van der Waals surface area contributed by atoms with Crippen LogP contribution in [-0.2, 0) is 11.3 Å². The first-order chi connectivity index (χ1) is 14.6. The average molecular weight is 412 g/mol. The molecule has 0 amide bonds. The highest BCUT2D eigenvalue weighted by Crippen LogP contribution is 2.41. The van der Waals surface area contributed by atoms with Gasteiger partial charge in [-0.25, -0.2) is 4.79 Å². The first-order valence-corrected chi connectivity index (χ1v) is 10.8. The normalized spacial score (nSPS) is 28.9. The molecule has 1 saturated heterocycles. The van der Waals surface area contributed by atoms with Crippen LogP contribution in [0.3, 0.4) is 0 Å². The highest BCUT2D eigenvalue weighted by Gasteiger charge is 2.42. The summed E-state index contributed by atoms with van der Waals surface area (Å²) in [6.07, 6.45) is 3.29. The van der Waals surface area contributed by atoms with E-state index in [-0.39, 0.29) is 12.1 Å². The van der Waals surface area contributed by atoms with E-state index in [1.165, 1.54) is 20.0 Å². The second kappa shape index (κ2) is 8.04. The van der Waals surface area contributed by atoms with E-state index in [0.717, 1.165) is 43.9 Å². The minimum Gasteiger partial charge on any atom is -0.488 e. The Bertz CT molecular complexity index is 891. The summed E-state index contributed by atoms with van der Waals surface area (Å²) in [6.45, 7) is 2.78. The largest absolute Gasteiger partial charge is 0.488 e. The van der Waals surface area contributed by atoms with Gasteiger partial charge in [-0.3, -0.25) is 4.90 Å². The van der Waals surface area contributed by atoms with Crippen molar-refractivity contribution < 1.29 is 23.9 Å². The van der Waals surface area contributed by atoms with Crippen LogP contribution in [0, 0.1) is 11.8 Å². The summed E-state index contributed by atoms with van der Waals surface area (Å²) in [7, 11) is 1.36. The molecule has 30 heavy (non-hydrogen) atoms. The number of nitrogens with zero attached hydrogens (tertiary/aromatic N) is 2. The van der Waals surface area contributed by atoms with Crippen molar-refractivity contribution in [1.82, 2.24) is 10.1 Å². The first kappa shape index (κ1) is 19.6. The molecule has 1 aliphatic heterocycles. The van der Waals surface area contributed by atoms with Gasteiger partial charge in [0.15, 0.2) is 0 Å². The lowest BCUT2D eigenvalue weighted by atomic mass is 9.78. The predicted molar refractivity (Wildman–Crippen MR) is 108 cm³/mol. The number of ether oxygens (including phenoxy) is 2. The molecule has 2 aliphatic carbocycles. The molecule has 0 spiro atoms. The minimum absolute atomic E-state index is 0.233. The number of carbonyl (C=O) groups is 1. The van der Waals surface area contributed by atoms with Gasteiger partial charge in [-0.15, -0.1) is 0 Å². The minimum atomic E-state index is -0.486. The van der Waals surface area contributed by atoms with Crippen LogP contribution >= 0.6 is 0 Å². The highest BCUT2D eigenvalue weighted by atomic mass is 16.5. The number of methoxy groups -OCH3 is 1. The number of hydrogen-bond acceptors (Lipinski definition) is 7. The van der Waals surface area contributed by atoms with Crippen LogP contribution in [-0.4, -0.2) is 53.5 Å². The van der Waals surface area contributed by atoms with E-state index < -0.39 is 6.10 Å². The van der Waals surface area contributed by atoms with Crippen molar-refractivity contribution in [3.63, 3.8) is 0 Å². The van der Waals surface area contributed by atoms with Gasteiger partial charge in [0.1, 0.15) is 17.6 Å². The summed E-state index contributed by atoms with van der Waals surface area (Å²) < 4.78 is 16.3. The summed E-state index contributed by atoms with van der Waals surface area (Å²) in [6, 6.07) is 9.00. The summed E-state index contributed by atoms with van der Waals surface area (Å²) in [5.74, 6) is 2.89. The second-order valence-electron chi connectivity index (χ2n) is 8.92. The van der Waals surface area contributed by atoms with Crippen LogP contribution in [0.15, 0.2) is 34.9 Å². The van der Waals surface area contributed by atoms with Crippen molar-refractivity contribution in [2.75, 3.05) is 20.2 Å². The van der Waals surface area contributed by atoms with E-state index in [0.29, 0.717) is 29.1 Å². The van der Waals surface area contributed by atoms with Crippen molar-refractivity contribution in [2.45, 2.75) is 50.4 Å². The SMILES string of the molecule is COC(=O)c1ccc(O[C@@H]2C[C@@H]3CN(Cc4cc(C5CC5)on4)C[C@@H]3C[C@H]2O)cc1. The van der Waals surface area contributed by atoms with Crippen LogP contribution in [0.4, 0.5) is 0 Å². The fourth-order valence-corrected chi connectivity index (χ4v) is 4.90. The highest BCUT2D eigenvalue weighted by molar-refractivity contribution is 5.89. The van der Waals surface area contributed by atoms with E-state index in [2.05, 4.69) is 16.1 Å². The molecule has 3 aliphatic rings. The lowest BCUT2D eigenvalue weighted by Crippen LogP contribution is -2.42. The van der Waals surface area contributed by atoms with E-state index >= 15 is 0 Å². The maximum absolute atomic E-state index is 11.6. The van der Waals surface area contributed by atoms with E-state index in [1.54, 1.807) is 24.3 Å². The van der Waals surface area contributed by atoms with Gasteiger partial charge in [0.2, 0.25) is 0 Å². The monoisotopic (exact) mass is 412 g/mol. The zero-order valence-corrected chi connectivity index (χ0v) is 17.2. The fourth-order valence-electron chi connectivity index (χ4n) is 4.90. The number of fused-ring (bicyclic) bond motifs is 1. The molecule has 5 rings (SSSR count). The smallest absolute Gasteiger partial charge is 0.337 e. The Morgan fingerprint density at radius 2 is 1.93 bits per heavy atom. The van der Waals surface area contributed by atoms with Crippen molar-refractivity contribution >= 4 is 5.97 Å². The Morgan fingerprint density at radius 3 is 2.63 bits per heavy atom. The lowest BCUT2D eigenvalue weighted by Gasteiger charge is -2.35. The fraction of sp³-hybridized carbons (Fsp3) is 0.565. The second-order valence-corrected chi connectivity index (χ2v) is 8.92. The Hall–Kier alpha value is -2.38. The quantitative estimate of drug-likeness (QED) is 0.730. The average Bonchev–Trinajstić information content (AvgIpc) is 3.38. The topological polar surface area (TPSA) is 85.0 Å². The number of aliphatic hydroxyl groups is 1. The number of hydrogen-bond donors (Lipinski definition) is 1. The Balaban J connectivity index is 1.17. The third-order valence-electron chi connectivity index (χ3n) is 6.67. The molecule has 1 N–H and O–H groups in total. The van der Waals surface area contributed by atoms with Crippen LogP contribution in [0.1, 0.15) is 53.4 Å². The number of carbonyl (C=O) groups excluding carboxylic acids is 1. The molecule has 0 radical (unpaired) electrons. The first-order valence-electron chi connectivity index (χ1n) is 10.8. The molecule has 1 aromatic carbocycles. The molecule has 0 bridgehead atoms. The number of esters is 1. The zero-order chi connectivity index (χ0) is 20.7. The molecule has 2 saturated carbocycles. The molecule has 7 heteroatoms.